The summed E-state index contributed by atoms with van der Waals surface area (Å²) < 4.78 is 13.9. The van der Waals surface area contributed by atoms with Crippen molar-refractivity contribution in [3.63, 3.8) is 0 Å². The normalized spacial score (nSPS) is 12.2. The van der Waals surface area contributed by atoms with E-state index in [9.17, 15) is 14.0 Å². The van der Waals surface area contributed by atoms with E-state index >= 15 is 0 Å². The number of carboxylic acids is 1. The Morgan fingerprint density at radius 1 is 1.44 bits per heavy atom. The van der Waals surface area contributed by atoms with E-state index < -0.39 is 17.6 Å². The van der Waals surface area contributed by atoms with E-state index in [1.165, 1.54) is 6.07 Å². The standard InChI is InChI=1S/C12H11BrClFO3/c1-6(3-12(17)18)2-11(16)7-4-9(14)8(13)5-10(7)15/h4-6H,2-3H2,1H3,(H,17,18). The van der Waals surface area contributed by atoms with Gasteiger partial charge in [0.2, 0.25) is 0 Å². The lowest BCUT2D eigenvalue weighted by Gasteiger charge is -2.09. The van der Waals surface area contributed by atoms with E-state index in [4.69, 9.17) is 16.7 Å². The largest absolute Gasteiger partial charge is 0.481 e. The number of aliphatic carboxylic acids is 1. The van der Waals surface area contributed by atoms with Gasteiger partial charge in [0.05, 0.1) is 10.6 Å². The summed E-state index contributed by atoms with van der Waals surface area (Å²) in [6, 6.07) is 2.37. The monoisotopic (exact) mass is 336 g/mol. The van der Waals surface area contributed by atoms with E-state index in [0.29, 0.717) is 4.47 Å². The molecule has 0 amide bonds. The molecule has 0 saturated heterocycles. The summed E-state index contributed by atoms with van der Waals surface area (Å²) in [5.74, 6) is -2.45. The van der Waals surface area contributed by atoms with Crippen molar-refractivity contribution in [2.75, 3.05) is 0 Å². The summed E-state index contributed by atoms with van der Waals surface area (Å²) in [6.45, 7) is 1.63. The highest BCUT2D eigenvalue weighted by atomic mass is 79.9. The Balaban J connectivity index is 2.85. The van der Waals surface area contributed by atoms with Crippen LogP contribution in [0.1, 0.15) is 30.1 Å². The quantitative estimate of drug-likeness (QED) is 0.654. The second-order valence-corrected chi connectivity index (χ2v) is 5.34. The summed E-state index contributed by atoms with van der Waals surface area (Å²) in [6.07, 6.45) is -0.154. The summed E-state index contributed by atoms with van der Waals surface area (Å²) in [5, 5.41) is 8.83. The molecule has 98 valence electrons. The van der Waals surface area contributed by atoms with Crippen LogP contribution in [0.5, 0.6) is 0 Å². The summed E-state index contributed by atoms with van der Waals surface area (Å²) in [4.78, 5) is 22.3. The fourth-order valence-electron chi connectivity index (χ4n) is 1.53. The van der Waals surface area contributed by atoms with Gasteiger partial charge in [-0.1, -0.05) is 18.5 Å². The molecule has 0 fully saturated rings. The van der Waals surface area contributed by atoms with Crippen molar-refractivity contribution in [1.82, 2.24) is 0 Å². The second kappa shape index (κ2) is 6.29. The van der Waals surface area contributed by atoms with Gasteiger partial charge in [0.15, 0.2) is 5.78 Å². The Morgan fingerprint density at radius 3 is 2.61 bits per heavy atom. The topological polar surface area (TPSA) is 54.4 Å². The lowest BCUT2D eigenvalue weighted by atomic mass is 9.97. The Kier molecular flexibility index (Phi) is 5.28. The molecule has 1 aromatic rings. The molecule has 1 atom stereocenters. The van der Waals surface area contributed by atoms with Gasteiger partial charge in [-0.3, -0.25) is 9.59 Å². The van der Waals surface area contributed by atoms with Gasteiger partial charge in [-0.15, -0.1) is 0 Å². The van der Waals surface area contributed by atoms with Crippen LogP contribution < -0.4 is 0 Å². The highest BCUT2D eigenvalue weighted by Gasteiger charge is 2.18. The molecule has 0 radical (unpaired) electrons. The molecular formula is C12H11BrClFO3. The smallest absolute Gasteiger partial charge is 0.303 e. The Labute approximate surface area is 117 Å². The number of carboxylic acid groups (broad SMARTS) is 1. The van der Waals surface area contributed by atoms with Gasteiger partial charge in [0.1, 0.15) is 5.82 Å². The molecular weight excluding hydrogens is 326 g/mol. The first-order valence-electron chi connectivity index (χ1n) is 5.20. The Bertz CT molecular complexity index is 490. The first kappa shape index (κ1) is 15.1. The highest BCUT2D eigenvalue weighted by Crippen LogP contribution is 2.27. The maximum atomic E-state index is 13.6. The minimum atomic E-state index is -0.982. The Hall–Kier alpha value is -0.940. The minimum Gasteiger partial charge on any atom is -0.481 e. The van der Waals surface area contributed by atoms with Gasteiger partial charge in [-0.2, -0.15) is 0 Å². The van der Waals surface area contributed by atoms with E-state index in [1.54, 1.807) is 6.92 Å². The van der Waals surface area contributed by atoms with Crippen LogP contribution in [0.15, 0.2) is 16.6 Å². The van der Waals surface area contributed by atoms with Crippen molar-refractivity contribution in [3.05, 3.63) is 33.0 Å². The van der Waals surface area contributed by atoms with Crippen molar-refractivity contribution in [2.45, 2.75) is 19.8 Å². The van der Waals surface area contributed by atoms with Crippen molar-refractivity contribution in [3.8, 4) is 0 Å². The average molecular weight is 338 g/mol. The first-order valence-corrected chi connectivity index (χ1v) is 6.38. The third-order valence-electron chi connectivity index (χ3n) is 2.37. The summed E-state index contributed by atoms with van der Waals surface area (Å²) in [7, 11) is 0. The highest BCUT2D eigenvalue weighted by molar-refractivity contribution is 9.10. The molecule has 0 heterocycles. The lowest BCUT2D eigenvalue weighted by Crippen LogP contribution is -2.11. The van der Waals surface area contributed by atoms with E-state index in [1.807, 2.05) is 0 Å². The predicted molar refractivity (Wildman–Crippen MR) is 69.5 cm³/mol. The number of carbonyl (C=O) groups excluding carboxylic acids is 1. The third kappa shape index (κ3) is 4.07. The zero-order valence-corrected chi connectivity index (χ0v) is 11.9. The lowest BCUT2D eigenvalue weighted by molar-refractivity contribution is -0.137. The SMILES string of the molecule is CC(CC(=O)O)CC(=O)c1cc(Cl)c(Br)cc1F. The van der Waals surface area contributed by atoms with Crippen LogP contribution in [0, 0.1) is 11.7 Å². The van der Waals surface area contributed by atoms with Crippen LogP contribution in [0.4, 0.5) is 4.39 Å². The molecule has 1 N–H and O–H groups in total. The zero-order valence-electron chi connectivity index (χ0n) is 9.54. The van der Waals surface area contributed by atoms with Crippen molar-refractivity contribution in [1.29, 1.82) is 0 Å². The van der Waals surface area contributed by atoms with Crippen LogP contribution in [0.3, 0.4) is 0 Å². The number of hydrogen-bond acceptors (Lipinski definition) is 2. The summed E-state index contributed by atoms with van der Waals surface area (Å²) >= 11 is 8.84. The van der Waals surface area contributed by atoms with Crippen LogP contribution in [-0.4, -0.2) is 16.9 Å². The molecule has 0 aliphatic carbocycles. The molecule has 1 rings (SSSR count). The second-order valence-electron chi connectivity index (χ2n) is 4.08. The van der Waals surface area contributed by atoms with Gasteiger partial charge in [0.25, 0.3) is 0 Å². The van der Waals surface area contributed by atoms with Crippen LogP contribution in [0.2, 0.25) is 5.02 Å². The molecule has 0 aliphatic heterocycles. The zero-order chi connectivity index (χ0) is 13.9. The number of carbonyl (C=O) groups is 2. The van der Waals surface area contributed by atoms with Crippen LogP contribution in [0.25, 0.3) is 0 Å². The first-order chi connectivity index (χ1) is 8.31. The molecule has 6 heteroatoms. The van der Waals surface area contributed by atoms with E-state index in [-0.39, 0.29) is 29.3 Å². The number of halogens is 3. The van der Waals surface area contributed by atoms with Crippen LogP contribution >= 0.6 is 27.5 Å². The molecule has 0 bridgehead atoms. The third-order valence-corrected chi connectivity index (χ3v) is 3.56. The van der Waals surface area contributed by atoms with Gasteiger partial charge >= 0.3 is 5.97 Å². The molecule has 0 saturated carbocycles. The van der Waals surface area contributed by atoms with Crippen molar-refractivity contribution < 1.29 is 19.1 Å². The maximum Gasteiger partial charge on any atom is 0.303 e. The fourth-order valence-corrected chi connectivity index (χ4v) is 2.01. The van der Waals surface area contributed by atoms with Gasteiger partial charge in [0, 0.05) is 17.3 Å². The number of Topliss-reactive ketones (excluding diaryl/α,β-unsaturated/α-hetero) is 1. The fraction of sp³-hybridized carbons (Fsp3) is 0.333. The van der Waals surface area contributed by atoms with Gasteiger partial charge in [-0.05, 0) is 34.0 Å². The molecule has 0 aromatic heterocycles. The number of ketones is 1. The molecule has 0 aliphatic rings. The van der Waals surface area contributed by atoms with Crippen molar-refractivity contribution in [2.24, 2.45) is 5.92 Å². The van der Waals surface area contributed by atoms with Gasteiger partial charge < -0.3 is 5.11 Å². The molecule has 18 heavy (non-hydrogen) atoms. The van der Waals surface area contributed by atoms with E-state index in [0.717, 1.165) is 6.07 Å². The molecule has 0 spiro atoms. The molecule has 1 unspecified atom stereocenters. The number of rotatable bonds is 5. The number of benzene rings is 1. The Morgan fingerprint density at radius 2 is 2.06 bits per heavy atom. The molecule has 1 aromatic carbocycles. The van der Waals surface area contributed by atoms with Gasteiger partial charge in [-0.25, -0.2) is 4.39 Å². The van der Waals surface area contributed by atoms with Crippen molar-refractivity contribution >= 4 is 39.3 Å². The maximum absolute atomic E-state index is 13.6. The minimum absolute atomic E-state index is 0.0266. The number of hydrogen-bond donors (Lipinski definition) is 1. The predicted octanol–water partition coefficient (Wildman–Crippen LogP) is 3.93. The summed E-state index contributed by atoms with van der Waals surface area (Å²) in [5.41, 5.74) is -0.111. The van der Waals surface area contributed by atoms with E-state index in [2.05, 4.69) is 15.9 Å². The van der Waals surface area contributed by atoms with Crippen LogP contribution in [-0.2, 0) is 4.79 Å². The molecule has 3 nitrogen and oxygen atoms in total. The average Bonchev–Trinajstić information content (AvgIpc) is 2.21.